The van der Waals surface area contributed by atoms with Crippen molar-refractivity contribution >= 4 is 0 Å². The van der Waals surface area contributed by atoms with Crippen molar-refractivity contribution in [2.75, 3.05) is 13.7 Å². The number of aliphatic hydroxyl groups excluding tert-OH is 1. The molecular weight excluding hydrogens is 250 g/mol. The zero-order chi connectivity index (χ0) is 13.9. The Bertz CT molecular complexity index is 460. The van der Waals surface area contributed by atoms with Crippen LogP contribution in [0, 0.1) is 5.92 Å². The number of benzene rings is 1. The highest BCUT2D eigenvalue weighted by Gasteiger charge is 2.34. The molecule has 0 aromatic heterocycles. The minimum absolute atomic E-state index is 0.100. The summed E-state index contributed by atoms with van der Waals surface area (Å²) in [6.07, 6.45) is 6.89. The molecule has 1 aromatic rings. The molecule has 110 valence electrons. The van der Waals surface area contributed by atoms with E-state index >= 15 is 0 Å². The number of nitrogens with zero attached hydrogens (tertiary/aromatic N) is 1. The van der Waals surface area contributed by atoms with Gasteiger partial charge < -0.3 is 9.84 Å². The van der Waals surface area contributed by atoms with Gasteiger partial charge in [0, 0.05) is 18.2 Å². The lowest BCUT2D eigenvalue weighted by molar-refractivity contribution is 0.105. The Labute approximate surface area is 121 Å². The normalized spacial score (nSPS) is 26.5. The molecule has 2 unspecified atom stereocenters. The van der Waals surface area contributed by atoms with Gasteiger partial charge >= 0.3 is 0 Å². The molecule has 2 fully saturated rings. The van der Waals surface area contributed by atoms with Gasteiger partial charge in [0.25, 0.3) is 0 Å². The number of ether oxygens (including phenoxy) is 1. The molecule has 1 heterocycles. The van der Waals surface area contributed by atoms with Crippen LogP contribution >= 0.6 is 0 Å². The van der Waals surface area contributed by atoms with E-state index in [1.807, 2.05) is 12.1 Å². The molecule has 2 aliphatic rings. The minimum Gasteiger partial charge on any atom is -0.496 e. The van der Waals surface area contributed by atoms with Crippen LogP contribution in [0.3, 0.4) is 0 Å². The fraction of sp³-hybridized carbons (Fsp3) is 0.647. The van der Waals surface area contributed by atoms with Gasteiger partial charge in [-0.2, -0.15) is 0 Å². The lowest BCUT2D eigenvalue weighted by Crippen LogP contribution is -2.41. The van der Waals surface area contributed by atoms with Crippen molar-refractivity contribution in [1.29, 1.82) is 0 Å². The van der Waals surface area contributed by atoms with Gasteiger partial charge in [0.2, 0.25) is 0 Å². The molecule has 3 nitrogen and oxygen atoms in total. The van der Waals surface area contributed by atoms with Crippen LogP contribution in [0.25, 0.3) is 0 Å². The zero-order valence-electron chi connectivity index (χ0n) is 12.3. The van der Waals surface area contributed by atoms with Crippen LogP contribution in [0.5, 0.6) is 5.75 Å². The zero-order valence-corrected chi connectivity index (χ0v) is 12.3. The molecule has 3 rings (SSSR count). The Kier molecular flexibility index (Phi) is 4.27. The van der Waals surface area contributed by atoms with Crippen LogP contribution in [0.4, 0.5) is 0 Å². The Morgan fingerprint density at radius 1 is 1.25 bits per heavy atom. The number of aliphatic hydroxyl groups is 1. The molecule has 0 amide bonds. The van der Waals surface area contributed by atoms with E-state index in [0.29, 0.717) is 0 Å². The van der Waals surface area contributed by atoms with E-state index in [9.17, 15) is 5.11 Å². The molecule has 1 saturated heterocycles. The quantitative estimate of drug-likeness (QED) is 0.917. The summed E-state index contributed by atoms with van der Waals surface area (Å²) in [5.41, 5.74) is 2.19. The Balaban J connectivity index is 1.79. The monoisotopic (exact) mass is 275 g/mol. The first-order chi connectivity index (χ1) is 9.81. The largest absolute Gasteiger partial charge is 0.496 e. The lowest BCUT2D eigenvalue weighted by atomic mass is 9.91. The number of hydrogen-bond acceptors (Lipinski definition) is 3. The van der Waals surface area contributed by atoms with Crippen LogP contribution in [-0.4, -0.2) is 29.7 Å². The number of methoxy groups -OCH3 is 1. The van der Waals surface area contributed by atoms with Gasteiger partial charge in [0.05, 0.1) is 13.7 Å². The van der Waals surface area contributed by atoms with Crippen molar-refractivity contribution in [3.63, 3.8) is 0 Å². The molecule has 1 aliphatic heterocycles. The second-order valence-corrected chi connectivity index (χ2v) is 6.18. The first kappa shape index (κ1) is 13.9. The van der Waals surface area contributed by atoms with Crippen LogP contribution in [-0.2, 0) is 13.2 Å². The third-order valence-corrected chi connectivity index (χ3v) is 5.01. The molecule has 1 N–H and O–H groups in total. The van der Waals surface area contributed by atoms with Gasteiger partial charge in [-0.05, 0) is 55.8 Å². The highest BCUT2D eigenvalue weighted by molar-refractivity contribution is 5.37. The topological polar surface area (TPSA) is 32.7 Å². The van der Waals surface area contributed by atoms with E-state index in [1.165, 1.54) is 44.2 Å². The summed E-state index contributed by atoms with van der Waals surface area (Å²) >= 11 is 0. The van der Waals surface area contributed by atoms with Crippen LogP contribution < -0.4 is 4.74 Å². The fourth-order valence-corrected chi connectivity index (χ4v) is 4.03. The molecule has 1 aromatic carbocycles. The number of rotatable bonds is 4. The van der Waals surface area contributed by atoms with Crippen LogP contribution in [0.1, 0.15) is 43.2 Å². The SMILES string of the molecule is COc1ccc(CO)cc1CN1CCCC2CCCC21. The summed E-state index contributed by atoms with van der Waals surface area (Å²) in [5, 5.41) is 9.33. The maximum absolute atomic E-state index is 9.33. The predicted octanol–water partition coefficient (Wildman–Crippen LogP) is 2.95. The lowest BCUT2D eigenvalue weighted by Gasteiger charge is -2.38. The van der Waals surface area contributed by atoms with E-state index in [1.54, 1.807) is 7.11 Å². The summed E-state index contributed by atoms with van der Waals surface area (Å²) in [4.78, 5) is 2.64. The van der Waals surface area contributed by atoms with Crippen molar-refractivity contribution in [2.45, 2.75) is 51.3 Å². The summed E-state index contributed by atoms with van der Waals surface area (Å²) in [6.45, 7) is 2.26. The molecule has 1 aliphatic carbocycles. The van der Waals surface area contributed by atoms with Crippen molar-refractivity contribution in [1.82, 2.24) is 4.90 Å². The maximum atomic E-state index is 9.33. The van der Waals surface area contributed by atoms with E-state index < -0.39 is 0 Å². The van der Waals surface area contributed by atoms with Crippen molar-refractivity contribution in [2.24, 2.45) is 5.92 Å². The summed E-state index contributed by atoms with van der Waals surface area (Å²) < 4.78 is 5.49. The smallest absolute Gasteiger partial charge is 0.123 e. The molecule has 20 heavy (non-hydrogen) atoms. The minimum atomic E-state index is 0.100. The van der Waals surface area contributed by atoms with Crippen molar-refractivity contribution in [3.8, 4) is 5.75 Å². The first-order valence-electron chi connectivity index (χ1n) is 7.82. The van der Waals surface area contributed by atoms with Gasteiger partial charge in [-0.25, -0.2) is 0 Å². The molecule has 3 heteroatoms. The second-order valence-electron chi connectivity index (χ2n) is 6.18. The average molecular weight is 275 g/mol. The highest BCUT2D eigenvalue weighted by atomic mass is 16.5. The van der Waals surface area contributed by atoms with Crippen LogP contribution in [0.15, 0.2) is 18.2 Å². The number of likely N-dealkylation sites (tertiary alicyclic amines) is 1. The predicted molar refractivity (Wildman–Crippen MR) is 79.7 cm³/mol. The Hall–Kier alpha value is -1.06. The van der Waals surface area contributed by atoms with E-state index in [-0.39, 0.29) is 6.61 Å². The van der Waals surface area contributed by atoms with Gasteiger partial charge in [-0.3, -0.25) is 4.90 Å². The average Bonchev–Trinajstić information content (AvgIpc) is 2.96. The molecule has 0 radical (unpaired) electrons. The van der Waals surface area contributed by atoms with Crippen molar-refractivity contribution < 1.29 is 9.84 Å². The molecular formula is C17H25NO2. The van der Waals surface area contributed by atoms with E-state index in [2.05, 4.69) is 11.0 Å². The van der Waals surface area contributed by atoms with Gasteiger partial charge in [0.15, 0.2) is 0 Å². The van der Waals surface area contributed by atoms with E-state index in [0.717, 1.165) is 29.8 Å². The number of hydrogen-bond donors (Lipinski definition) is 1. The summed E-state index contributed by atoms with van der Waals surface area (Å²) in [7, 11) is 1.73. The first-order valence-corrected chi connectivity index (χ1v) is 7.82. The summed E-state index contributed by atoms with van der Waals surface area (Å²) in [6, 6.07) is 6.79. The van der Waals surface area contributed by atoms with Crippen LogP contribution in [0.2, 0.25) is 0 Å². The molecule has 1 saturated carbocycles. The Morgan fingerprint density at radius 2 is 2.10 bits per heavy atom. The van der Waals surface area contributed by atoms with Gasteiger partial charge in [0.1, 0.15) is 5.75 Å². The van der Waals surface area contributed by atoms with Gasteiger partial charge in [-0.15, -0.1) is 0 Å². The molecule has 0 spiro atoms. The Morgan fingerprint density at radius 3 is 2.90 bits per heavy atom. The fourth-order valence-electron chi connectivity index (χ4n) is 4.03. The summed E-state index contributed by atoms with van der Waals surface area (Å²) in [5.74, 6) is 1.86. The van der Waals surface area contributed by atoms with E-state index in [4.69, 9.17) is 4.74 Å². The molecule has 2 atom stereocenters. The highest BCUT2D eigenvalue weighted by Crippen LogP contribution is 2.38. The second kappa shape index (κ2) is 6.15. The van der Waals surface area contributed by atoms with Gasteiger partial charge in [-0.1, -0.05) is 12.5 Å². The number of fused-ring (bicyclic) bond motifs is 1. The third kappa shape index (κ3) is 2.70. The maximum Gasteiger partial charge on any atom is 0.123 e. The molecule has 0 bridgehead atoms. The number of piperidine rings is 1. The van der Waals surface area contributed by atoms with Crippen molar-refractivity contribution in [3.05, 3.63) is 29.3 Å². The standard InChI is InChI=1S/C17H25NO2/c1-20-17-8-7-13(12-19)10-15(17)11-18-9-3-5-14-4-2-6-16(14)18/h7-8,10,14,16,19H,2-6,9,11-12H2,1H3. The third-order valence-electron chi connectivity index (χ3n) is 5.01.